The summed E-state index contributed by atoms with van der Waals surface area (Å²) in [7, 11) is 0. The van der Waals surface area contributed by atoms with Crippen LogP contribution in [0.25, 0.3) is 22.2 Å². The van der Waals surface area contributed by atoms with Gasteiger partial charge in [-0.05, 0) is 74.5 Å². The molecule has 2 aliphatic heterocycles. The Morgan fingerprint density at radius 3 is 2.51 bits per heavy atom. The number of hydrogen-bond donors (Lipinski definition) is 1. The van der Waals surface area contributed by atoms with Crippen molar-refractivity contribution in [2.45, 2.75) is 70.8 Å². The molecule has 3 aromatic rings. The lowest BCUT2D eigenvalue weighted by Gasteiger charge is -2.30. The molecule has 0 atom stereocenters. The third-order valence-electron chi connectivity index (χ3n) is 8.93. The molecule has 0 unspecified atom stereocenters. The van der Waals surface area contributed by atoms with Crippen molar-refractivity contribution < 1.29 is 19.4 Å². The van der Waals surface area contributed by atoms with Gasteiger partial charge in [-0.2, -0.15) is 0 Å². The number of nitrogens with zero attached hydrogens (tertiary/aromatic N) is 3. The zero-order chi connectivity index (χ0) is 26.9. The van der Waals surface area contributed by atoms with Crippen molar-refractivity contribution in [1.82, 2.24) is 9.47 Å². The predicted octanol–water partition coefficient (Wildman–Crippen LogP) is 6.29. The van der Waals surface area contributed by atoms with Gasteiger partial charge in [0.1, 0.15) is 6.61 Å². The molecule has 2 fully saturated rings. The number of para-hydroxylation sites is 1. The van der Waals surface area contributed by atoms with E-state index < -0.39 is 5.97 Å². The van der Waals surface area contributed by atoms with Crippen molar-refractivity contribution in [3.05, 3.63) is 47.5 Å². The molecule has 1 aromatic heterocycles. The lowest BCUT2D eigenvalue weighted by atomic mass is 9.81. The van der Waals surface area contributed by atoms with E-state index in [1.165, 1.54) is 44.1 Å². The van der Waals surface area contributed by atoms with Gasteiger partial charge >= 0.3 is 5.97 Å². The number of ether oxygens (including phenoxy) is 1. The van der Waals surface area contributed by atoms with Crippen LogP contribution < -0.4 is 9.64 Å². The first-order valence-corrected chi connectivity index (χ1v) is 14.7. The Morgan fingerprint density at radius 1 is 1.00 bits per heavy atom. The van der Waals surface area contributed by atoms with Crippen molar-refractivity contribution in [1.29, 1.82) is 0 Å². The molecule has 1 N–H and O–H groups in total. The van der Waals surface area contributed by atoms with E-state index in [-0.39, 0.29) is 5.91 Å². The standard InChI is InChI=1S/C32H39N3O4/c1-22(36)34(18-17-33-15-6-3-7-16-33)27-12-8-11-26-30-29(23-9-4-2-5-10-23)25-14-13-24(32(37)38)21-28(25)35(30)19-20-39-31(26)27/h8,11-14,21,23H,2-7,9-10,15-20H2,1H3,(H,37,38). The van der Waals surface area contributed by atoms with E-state index in [1.54, 1.807) is 13.0 Å². The van der Waals surface area contributed by atoms with E-state index in [4.69, 9.17) is 4.74 Å². The van der Waals surface area contributed by atoms with Crippen LogP contribution in [0.5, 0.6) is 5.75 Å². The monoisotopic (exact) mass is 529 g/mol. The summed E-state index contributed by atoms with van der Waals surface area (Å²) in [4.78, 5) is 29.2. The van der Waals surface area contributed by atoms with Crippen LogP contribution in [0, 0.1) is 0 Å². The molecule has 2 aromatic carbocycles. The van der Waals surface area contributed by atoms with Gasteiger partial charge in [0.05, 0.1) is 23.5 Å². The van der Waals surface area contributed by atoms with Crippen LogP contribution in [0.4, 0.5) is 5.69 Å². The number of hydrogen-bond acceptors (Lipinski definition) is 4. The van der Waals surface area contributed by atoms with Crippen molar-refractivity contribution in [3.8, 4) is 17.0 Å². The second kappa shape index (κ2) is 11.0. The number of carboxylic acids is 1. The zero-order valence-corrected chi connectivity index (χ0v) is 23.0. The number of rotatable bonds is 6. The van der Waals surface area contributed by atoms with Crippen LogP contribution in [0.3, 0.4) is 0 Å². The normalized spacial score (nSPS) is 18.2. The predicted molar refractivity (Wildman–Crippen MR) is 154 cm³/mol. The number of amides is 1. The molecule has 0 radical (unpaired) electrons. The fourth-order valence-electron chi connectivity index (χ4n) is 7.02. The molecular weight excluding hydrogens is 490 g/mol. The number of anilines is 1. The zero-order valence-electron chi connectivity index (χ0n) is 23.0. The molecule has 0 spiro atoms. The molecular formula is C32H39N3O4. The summed E-state index contributed by atoms with van der Waals surface area (Å²) in [5.74, 6) is 0.298. The van der Waals surface area contributed by atoms with E-state index in [9.17, 15) is 14.7 Å². The number of aromatic nitrogens is 1. The summed E-state index contributed by atoms with van der Waals surface area (Å²) in [5, 5.41) is 10.9. The van der Waals surface area contributed by atoms with Crippen LogP contribution in [0.1, 0.15) is 80.1 Å². The number of carboxylic acid groups (broad SMARTS) is 1. The molecule has 1 aliphatic carbocycles. The van der Waals surface area contributed by atoms with E-state index in [0.717, 1.165) is 66.1 Å². The molecule has 1 saturated heterocycles. The minimum absolute atomic E-state index is 0.0207. The maximum Gasteiger partial charge on any atom is 0.335 e. The van der Waals surface area contributed by atoms with Crippen molar-refractivity contribution >= 4 is 28.5 Å². The molecule has 39 heavy (non-hydrogen) atoms. The Bertz CT molecular complexity index is 1380. The Hall–Kier alpha value is -3.32. The molecule has 7 heteroatoms. The third-order valence-corrected chi connectivity index (χ3v) is 8.93. The number of fused-ring (bicyclic) bond motifs is 5. The fourth-order valence-corrected chi connectivity index (χ4v) is 7.02. The van der Waals surface area contributed by atoms with Gasteiger partial charge in [-0.15, -0.1) is 0 Å². The number of likely N-dealkylation sites (tertiary alicyclic amines) is 1. The maximum atomic E-state index is 13.0. The Kier molecular flexibility index (Phi) is 7.34. The van der Waals surface area contributed by atoms with Gasteiger partial charge in [-0.1, -0.05) is 37.8 Å². The van der Waals surface area contributed by atoms with E-state index in [1.807, 2.05) is 29.2 Å². The second-order valence-corrected chi connectivity index (χ2v) is 11.4. The molecule has 6 rings (SSSR count). The highest BCUT2D eigenvalue weighted by Gasteiger charge is 2.31. The highest BCUT2D eigenvalue weighted by molar-refractivity contribution is 6.00. The summed E-state index contributed by atoms with van der Waals surface area (Å²) in [6.45, 7) is 6.41. The smallest absolute Gasteiger partial charge is 0.335 e. The average Bonchev–Trinajstić information content (AvgIpc) is 3.15. The number of carbonyl (C=O) groups excluding carboxylic acids is 1. The van der Waals surface area contributed by atoms with Gasteiger partial charge in [-0.3, -0.25) is 4.79 Å². The maximum absolute atomic E-state index is 13.0. The van der Waals surface area contributed by atoms with Crippen LogP contribution in [0.2, 0.25) is 0 Å². The Morgan fingerprint density at radius 2 is 1.77 bits per heavy atom. The first kappa shape index (κ1) is 25.9. The van der Waals surface area contributed by atoms with Gasteiger partial charge in [0, 0.05) is 36.5 Å². The lowest BCUT2D eigenvalue weighted by molar-refractivity contribution is -0.116. The van der Waals surface area contributed by atoms with E-state index in [0.29, 0.717) is 31.2 Å². The molecule has 1 saturated carbocycles. The van der Waals surface area contributed by atoms with Gasteiger partial charge in [-0.25, -0.2) is 4.79 Å². The highest BCUT2D eigenvalue weighted by atomic mass is 16.5. The van der Waals surface area contributed by atoms with Crippen LogP contribution in [-0.4, -0.2) is 59.2 Å². The SMILES string of the molecule is CC(=O)N(CCN1CCCCC1)c1cccc2c1OCCn1c-2c(C2CCCCC2)c2ccc(C(=O)O)cc21. The fraction of sp³-hybridized carbons (Fsp3) is 0.500. The quantitative estimate of drug-likeness (QED) is 0.406. The van der Waals surface area contributed by atoms with Crippen molar-refractivity contribution in [3.63, 3.8) is 0 Å². The second-order valence-electron chi connectivity index (χ2n) is 11.4. The summed E-state index contributed by atoms with van der Waals surface area (Å²) < 4.78 is 8.74. The van der Waals surface area contributed by atoms with Gasteiger partial charge in [0.2, 0.25) is 5.91 Å². The van der Waals surface area contributed by atoms with Gasteiger partial charge in [0.15, 0.2) is 5.75 Å². The molecule has 0 bridgehead atoms. The van der Waals surface area contributed by atoms with E-state index >= 15 is 0 Å². The Balaban J connectivity index is 1.48. The molecule has 7 nitrogen and oxygen atoms in total. The van der Waals surface area contributed by atoms with Crippen molar-refractivity contribution in [2.75, 3.05) is 37.7 Å². The number of aromatic carboxylic acids is 1. The van der Waals surface area contributed by atoms with Crippen molar-refractivity contribution in [2.24, 2.45) is 0 Å². The summed E-state index contributed by atoms with van der Waals surface area (Å²) >= 11 is 0. The molecule has 3 aliphatic rings. The summed E-state index contributed by atoms with van der Waals surface area (Å²) in [6, 6.07) is 11.7. The number of benzene rings is 2. The van der Waals surface area contributed by atoms with Crippen LogP contribution in [0.15, 0.2) is 36.4 Å². The van der Waals surface area contributed by atoms with Gasteiger partial charge < -0.3 is 24.2 Å². The summed E-state index contributed by atoms with van der Waals surface area (Å²) in [6.07, 6.45) is 9.70. The Labute approximate surface area is 230 Å². The highest BCUT2D eigenvalue weighted by Crippen LogP contribution is 2.49. The average molecular weight is 530 g/mol. The molecule has 3 heterocycles. The number of piperidine rings is 1. The van der Waals surface area contributed by atoms with Crippen LogP contribution in [-0.2, 0) is 11.3 Å². The third kappa shape index (κ3) is 4.93. The lowest BCUT2D eigenvalue weighted by Crippen LogP contribution is -2.40. The van der Waals surface area contributed by atoms with Crippen LogP contribution >= 0.6 is 0 Å². The minimum Gasteiger partial charge on any atom is -0.489 e. The first-order valence-electron chi connectivity index (χ1n) is 14.7. The topological polar surface area (TPSA) is 75.0 Å². The largest absolute Gasteiger partial charge is 0.489 e. The first-order chi connectivity index (χ1) is 19.0. The number of carbonyl (C=O) groups is 2. The molecule has 1 amide bonds. The summed E-state index contributed by atoms with van der Waals surface area (Å²) in [5.41, 5.74) is 5.54. The molecule has 206 valence electrons. The van der Waals surface area contributed by atoms with Gasteiger partial charge in [0.25, 0.3) is 0 Å². The minimum atomic E-state index is -0.912. The van der Waals surface area contributed by atoms with E-state index in [2.05, 4.69) is 15.5 Å².